The Bertz CT molecular complexity index is 1200. The standard InChI is InChI=1S/C27H31N3O6/c1-5-15-36-22-12-11-20(16-18(22)4)25(31)23-24(19-9-8-10-21(17-19)30(34)35)29(27(33)26(23)32)14-13-28(6-2)7-3/h5,8-12,16-17,24,31H,1,6-7,13-15H2,2-4H3/b25-23+. The number of aryl methyl sites for hydroxylation is 1. The molecule has 0 radical (unpaired) electrons. The molecule has 1 saturated heterocycles. The van der Waals surface area contributed by atoms with Crippen LogP contribution in [0.15, 0.2) is 60.7 Å². The highest BCUT2D eigenvalue weighted by molar-refractivity contribution is 6.46. The summed E-state index contributed by atoms with van der Waals surface area (Å²) in [5.41, 5.74) is 1.19. The number of likely N-dealkylation sites (tertiary alicyclic amines) is 1. The van der Waals surface area contributed by atoms with Gasteiger partial charge in [0.25, 0.3) is 17.4 Å². The van der Waals surface area contributed by atoms with E-state index in [0.29, 0.717) is 30.0 Å². The normalized spacial score (nSPS) is 17.0. The van der Waals surface area contributed by atoms with Crippen molar-refractivity contribution < 1.29 is 24.4 Å². The predicted octanol–water partition coefficient (Wildman–Crippen LogP) is 4.23. The van der Waals surface area contributed by atoms with E-state index in [-0.39, 0.29) is 23.6 Å². The number of rotatable bonds is 11. The second-order valence-electron chi connectivity index (χ2n) is 8.45. The molecular formula is C27H31N3O6. The number of nitro groups is 1. The summed E-state index contributed by atoms with van der Waals surface area (Å²) >= 11 is 0. The number of aliphatic hydroxyl groups is 1. The van der Waals surface area contributed by atoms with Crippen LogP contribution in [0.1, 0.15) is 36.6 Å². The van der Waals surface area contributed by atoms with E-state index in [1.807, 2.05) is 13.8 Å². The Balaban J connectivity index is 2.12. The Morgan fingerprint density at radius 1 is 1.22 bits per heavy atom. The van der Waals surface area contributed by atoms with Gasteiger partial charge in [-0.05, 0) is 49.3 Å². The van der Waals surface area contributed by atoms with Crippen molar-refractivity contribution in [2.24, 2.45) is 0 Å². The van der Waals surface area contributed by atoms with E-state index in [4.69, 9.17) is 4.74 Å². The molecule has 1 amide bonds. The monoisotopic (exact) mass is 493 g/mol. The Morgan fingerprint density at radius 3 is 2.56 bits per heavy atom. The van der Waals surface area contributed by atoms with E-state index in [1.54, 1.807) is 37.3 Å². The smallest absolute Gasteiger partial charge is 0.295 e. The van der Waals surface area contributed by atoms with Crippen molar-refractivity contribution in [3.63, 3.8) is 0 Å². The summed E-state index contributed by atoms with van der Waals surface area (Å²) < 4.78 is 5.59. The summed E-state index contributed by atoms with van der Waals surface area (Å²) in [6.45, 7) is 12.0. The lowest BCUT2D eigenvalue weighted by Gasteiger charge is -2.28. The minimum absolute atomic E-state index is 0.0980. The number of benzene rings is 2. The summed E-state index contributed by atoms with van der Waals surface area (Å²) in [5.74, 6) is -1.31. The molecule has 0 saturated carbocycles. The average molecular weight is 494 g/mol. The van der Waals surface area contributed by atoms with Crippen LogP contribution in [0.4, 0.5) is 5.69 Å². The first-order valence-electron chi connectivity index (χ1n) is 11.8. The molecule has 0 spiro atoms. The van der Waals surface area contributed by atoms with Crippen molar-refractivity contribution >= 4 is 23.1 Å². The first-order chi connectivity index (χ1) is 17.2. The Labute approximate surface area is 210 Å². The number of carbonyl (C=O) groups excluding carboxylic acids is 2. The SMILES string of the molecule is C=CCOc1ccc(/C(O)=C2\C(=O)C(=O)N(CCN(CC)CC)C2c2cccc([N+](=O)[O-])c2)cc1C. The van der Waals surface area contributed by atoms with Crippen molar-refractivity contribution in [1.29, 1.82) is 0 Å². The lowest BCUT2D eigenvalue weighted by molar-refractivity contribution is -0.384. The van der Waals surface area contributed by atoms with Crippen molar-refractivity contribution in [1.82, 2.24) is 9.80 Å². The average Bonchev–Trinajstić information content (AvgIpc) is 3.13. The third-order valence-electron chi connectivity index (χ3n) is 6.29. The van der Waals surface area contributed by atoms with Crippen molar-refractivity contribution in [3.05, 3.63) is 87.5 Å². The lowest BCUT2D eigenvalue weighted by Crippen LogP contribution is -2.38. The third-order valence-corrected chi connectivity index (χ3v) is 6.29. The van der Waals surface area contributed by atoms with Gasteiger partial charge in [-0.1, -0.05) is 38.6 Å². The van der Waals surface area contributed by atoms with E-state index >= 15 is 0 Å². The summed E-state index contributed by atoms with van der Waals surface area (Å²) in [6.07, 6.45) is 1.62. The molecule has 0 aromatic heterocycles. The van der Waals surface area contributed by atoms with Crippen molar-refractivity contribution in [2.45, 2.75) is 26.8 Å². The molecular weight excluding hydrogens is 462 g/mol. The van der Waals surface area contributed by atoms with Crippen LogP contribution in [0.5, 0.6) is 5.75 Å². The number of ether oxygens (including phenoxy) is 1. The zero-order chi connectivity index (χ0) is 26.4. The fraction of sp³-hybridized carbons (Fsp3) is 0.333. The number of likely N-dealkylation sites (N-methyl/N-ethyl adjacent to an activating group) is 1. The Kier molecular flexibility index (Phi) is 8.60. The van der Waals surface area contributed by atoms with Gasteiger partial charge >= 0.3 is 0 Å². The van der Waals surface area contributed by atoms with Gasteiger partial charge in [-0.2, -0.15) is 0 Å². The molecule has 3 rings (SSSR count). The van der Waals surface area contributed by atoms with E-state index in [2.05, 4.69) is 11.5 Å². The van der Waals surface area contributed by atoms with E-state index in [0.717, 1.165) is 18.7 Å². The lowest BCUT2D eigenvalue weighted by atomic mass is 9.94. The number of hydrogen-bond acceptors (Lipinski definition) is 7. The highest BCUT2D eigenvalue weighted by Crippen LogP contribution is 2.40. The Hall–Kier alpha value is -3.98. The molecule has 1 heterocycles. The topological polar surface area (TPSA) is 113 Å². The van der Waals surface area contributed by atoms with Gasteiger partial charge in [0.1, 0.15) is 18.1 Å². The zero-order valence-electron chi connectivity index (χ0n) is 20.8. The second kappa shape index (κ2) is 11.6. The molecule has 36 heavy (non-hydrogen) atoms. The van der Waals surface area contributed by atoms with Crippen LogP contribution >= 0.6 is 0 Å². The number of amides is 1. The van der Waals surface area contributed by atoms with E-state index in [9.17, 15) is 24.8 Å². The molecule has 1 fully saturated rings. The van der Waals surface area contributed by atoms with Gasteiger partial charge in [0.15, 0.2) is 0 Å². The molecule has 1 atom stereocenters. The predicted molar refractivity (Wildman–Crippen MR) is 137 cm³/mol. The van der Waals surface area contributed by atoms with Crippen molar-refractivity contribution in [2.75, 3.05) is 32.8 Å². The molecule has 190 valence electrons. The second-order valence-corrected chi connectivity index (χ2v) is 8.45. The molecule has 1 unspecified atom stereocenters. The van der Waals surface area contributed by atoms with Crippen molar-refractivity contribution in [3.8, 4) is 5.75 Å². The van der Waals surface area contributed by atoms with Gasteiger partial charge < -0.3 is 19.6 Å². The minimum Gasteiger partial charge on any atom is -0.507 e. The summed E-state index contributed by atoms with van der Waals surface area (Å²) in [6, 6.07) is 9.80. The van der Waals surface area contributed by atoms with Gasteiger partial charge in [0.2, 0.25) is 0 Å². The molecule has 1 aliphatic rings. The maximum Gasteiger partial charge on any atom is 0.295 e. The first kappa shape index (κ1) is 26.6. The molecule has 2 aromatic rings. The molecule has 9 nitrogen and oxygen atoms in total. The molecule has 1 N–H and O–H groups in total. The third kappa shape index (κ3) is 5.46. The highest BCUT2D eigenvalue weighted by Gasteiger charge is 2.46. The number of Topliss-reactive ketones (excluding diaryl/α,β-unsaturated/α-hetero) is 1. The Morgan fingerprint density at radius 2 is 1.94 bits per heavy atom. The number of hydrogen-bond donors (Lipinski definition) is 1. The number of ketones is 1. The minimum atomic E-state index is -0.961. The summed E-state index contributed by atoms with van der Waals surface area (Å²) in [7, 11) is 0. The van der Waals surface area contributed by atoms with Crippen LogP contribution < -0.4 is 4.74 Å². The molecule has 0 aliphatic carbocycles. The highest BCUT2D eigenvalue weighted by atomic mass is 16.6. The van der Waals surface area contributed by atoms with Crippen LogP contribution in [0.2, 0.25) is 0 Å². The van der Waals surface area contributed by atoms with Gasteiger partial charge in [-0.25, -0.2) is 0 Å². The molecule has 9 heteroatoms. The molecule has 1 aliphatic heterocycles. The van der Waals surface area contributed by atoms with E-state index in [1.165, 1.54) is 23.1 Å². The van der Waals surface area contributed by atoms with Gasteiger partial charge in [-0.15, -0.1) is 0 Å². The van der Waals surface area contributed by atoms with Crippen LogP contribution in [0.25, 0.3) is 5.76 Å². The fourth-order valence-electron chi connectivity index (χ4n) is 4.32. The quantitative estimate of drug-likeness (QED) is 0.124. The van der Waals surface area contributed by atoms with Gasteiger partial charge in [0.05, 0.1) is 16.5 Å². The summed E-state index contributed by atoms with van der Waals surface area (Å²) in [4.78, 5) is 40.7. The number of nitrogens with zero attached hydrogens (tertiary/aromatic N) is 3. The van der Waals surface area contributed by atoms with Gasteiger partial charge in [0, 0.05) is 30.8 Å². The maximum atomic E-state index is 13.2. The van der Waals surface area contributed by atoms with E-state index < -0.39 is 22.7 Å². The van der Waals surface area contributed by atoms with Crippen LogP contribution in [0, 0.1) is 17.0 Å². The first-order valence-corrected chi connectivity index (χ1v) is 11.8. The number of non-ortho nitro benzene ring substituents is 1. The number of aliphatic hydroxyl groups excluding tert-OH is 1. The molecule has 0 bridgehead atoms. The maximum absolute atomic E-state index is 13.2. The number of carbonyl (C=O) groups is 2. The fourth-order valence-corrected chi connectivity index (χ4v) is 4.32. The number of nitro benzene ring substituents is 1. The van der Waals surface area contributed by atoms with Crippen LogP contribution in [-0.2, 0) is 9.59 Å². The van der Waals surface area contributed by atoms with Gasteiger partial charge in [-0.3, -0.25) is 19.7 Å². The molecule has 2 aromatic carbocycles. The largest absolute Gasteiger partial charge is 0.507 e. The van der Waals surface area contributed by atoms with Crippen LogP contribution in [0.3, 0.4) is 0 Å². The summed E-state index contributed by atoms with van der Waals surface area (Å²) in [5, 5.41) is 22.7. The van der Waals surface area contributed by atoms with Crippen LogP contribution in [-0.4, -0.2) is 64.3 Å². The zero-order valence-corrected chi connectivity index (χ0v) is 20.8.